The summed E-state index contributed by atoms with van der Waals surface area (Å²) in [5, 5.41) is 0. The molecule has 4 nitrogen and oxygen atoms in total. The summed E-state index contributed by atoms with van der Waals surface area (Å²) in [5.41, 5.74) is 7.23. The zero-order chi connectivity index (χ0) is 13.2. The summed E-state index contributed by atoms with van der Waals surface area (Å²) < 4.78 is 5.04. The Morgan fingerprint density at radius 2 is 2.28 bits per heavy atom. The lowest BCUT2D eigenvalue weighted by Crippen LogP contribution is -2.37. The average molecular weight is 251 g/mol. The van der Waals surface area contributed by atoms with E-state index in [1.807, 2.05) is 18.3 Å². The zero-order valence-electron chi connectivity index (χ0n) is 11.5. The van der Waals surface area contributed by atoms with Crippen LogP contribution in [0.5, 0.6) is 0 Å². The Hall–Kier alpha value is -0.970. The summed E-state index contributed by atoms with van der Waals surface area (Å²) in [6.45, 7) is 5.73. The molecule has 0 bridgehead atoms. The lowest BCUT2D eigenvalue weighted by molar-refractivity contribution is 0.184. The molecule has 1 atom stereocenters. The van der Waals surface area contributed by atoms with Crippen molar-refractivity contribution < 1.29 is 4.74 Å². The maximum Gasteiger partial charge on any atom is 0.0543 e. The monoisotopic (exact) mass is 251 g/mol. The van der Waals surface area contributed by atoms with Crippen LogP contribution < -0.4 is 5.73 Å². The first-order chi connectivity index (χ1) is 8.76. The van der Waals surface area contributed by atoms with E-state index in [2.05, 4.69) is 22.9 Å². The smallest absolute Gasteiger partial charge is 0.0543 e. The number of hydrogen-bond donors (Lipinski definition) is 1. The van der Waals surface area contributed by atoms with Gasteiger partial charge in [-0.15, -0.1) is 0 Å². The van der Waals surface area contributed by atoms with Gasteiger partial charge in [-0.2, -0.15) is 0 Å². The van der Waals surface area contributed by atoms with E-state index in [1.54, 1.807) is 7.11 Å². The third-order valence-corrected chi connectivity index (χ3v) is 2.98. The molecule has 0 aliphatic rings. The van der Waals surface area contributed by atoms with Crippen molar-refractivity contribution in [2.45, 2.75) is 32.4 Å². The van der Waals surface area contributed by atoms with Gasteiger partial charge in [0.05, 0.1) is 5.69 Å². The molecule has 0 aliphatic heterocycles. The fourth-order valence-electron chi connectivity index (χ4n) is 1.94. The molecule has 1 heterocycles. The number of methoxy groups -OCH3 is 1. The molecule has 0 spiro atoms. The van der Waals surface area contributed by atoms with E-state index < -0.39 is 0 Å². The minimum atomic E-state index is 0.212. The molecule has 0 saturated heterocycles. The molecule has 1 aromatic rings. The lowest BCUT2D eigenvalue weighted by Gasteiger charge is -2.23. The van der Waals surface area contributed by atoms with Crippen LogP contribution in [0.1, 0.15) is 25.5 Å². The summed E-state index contributed by atoms with van der Waals surface area (Å²) >= 11 is 0. The number of likely N-dealkylation sites (N-methyl/N-ethyl adjacent to an activating group) is 1. The van der Waals surface area contributed by atoms with E-state index in [1.165, 1.54) is 0 Å². The lowest BCUT2D eigenvalue weighted by atomic mass is 10.1. The van der Waals surface area contributed by atoms with Gasteiger partial charge in [-0.1, -0.05) is 13.0 Å². The predicted molar refractivity (Wildman–Crippen MR) is 74.3 cm³/mol. The highest BCUT2D eigenvalue weighted by Gasteiger charge is 2.09. The maximum absolute atomic E-state index is 6.13. The topological polar surface area (TPSA) is 51.4 Å². The summed E-state index contributed by atoms with van der Waals surface area (Å²) in [4.78, 5) is 6.68. The molecule has 0 aliphatic carbocycles. The molecule has 4 heteroatoms. The van der Waals surface area contributed by atoms with Crippen molar-refractivity contribution >= 4 is 0 Å². The molecule has 0 aromatic carbocycles. The van der Waals surface area contributed by atoms with Crippen LogP contribution in [0.3, 0.4) is 0 Å². The molecule has 0 saturated carbocycles. The maximum atomic E-state index is 6.13. The van der Waals surface area contributed by atoms with Gasteiger partial charge in [0.15, 0.2) is 0 Å². The molecule has 102 valence electrons. The predicted octanol–water partition coefficient (Wildman–Crippen LogP) is 1.66. The van der Waals surface area contributed by atoms with Gasteiger partial charge in [0, 0.05) is 39.0 Å². The molecular formula is C14H25N3O. The largest absolute Gasteiger partial charge is 0.385 e. The van der Waals surface area contributed by atoms with E-state index in [-0.39, 0.29) is 6.04 Å². The van der Waals surface area contributed by atoms with Crippen LogP contribution in [-0.4, -0.2) is 42.7 Å². The van der Waals surface area contributed by atoms with Crippen LogP contribution in [0.4, 0.5) is 0 Å². The summed E-state index contributed by atoms with van der Waals surface area (Å²) in [6.07, 6.45) is 3.87. The van der Waals surface area contributed by atoms with E-state index in [0.29, 0.717) is 0 Å². The summed E-state index contributed by atoms with van der Waals surface area (Å²) in [7, 11) is 1.73. The van der Waals surface area contributed by atoms with Gasteiger partial charge >= 0.3 is 0 Å². The molecule has 0 amide bonds. The normalized spacial score (nSPS) is 12.9. The van der Waals surface area contributed by atoms with Gasteiger partial charge in [-0.05, 0) is 31.5 Å². The number of hydrogen-bond acceptors (Lipinski definition) is 4. The van der Waals surface area contributed by atoms with Crippen LogP contribution in [0.2, 0.25) is 0 Å². The van der Waals surface area contributed by atoms with Crippen LogP contribution >= 0.6 is 0 Å². The molecule has 1 unspecified atom stereocenters. The Kier molecular flexibility index (Phi) is 7.57. The third-order valence-electron chi connectivity index (χ3n) is 2.98. The van der Waals surface area contributed by atoms with Gasteiger partial charge in [0.2, 0.25) is 0 Å². The van der Waals surface area contributed by atoms with Crippen molar-refractivity contribution in [1.29, 1.82) is 0 Å². The second kappa shape index (κ2) is 9.03. The highest BCUT2D eigenvalue weighted by Crippen LogP contribution is 2.04. The van der Waals surface area contributed by atoms with Crippen LogP contribution in [-0.2, 0) is 11.3 Å². The van der Waals surface area contributed by atoms with E-state index in [4.69, 9.17) is 10.5 Å². The SMILES string of the molecule is CCN(Cc1ccccn1)CC(N)CCCOC. The summed E-state index contributed by atoms with van der Waals surface area (Å²) in [5.74, 6) is 0. The van der Waals surface area contributed by atoms with E-state index in [0.717, 1.165) is 44.8 Å². The zero-order valence-corrected chi connectivity index (χ0v) is 11.5. The van der Waals surface area contributed by atoms with Gasteiger partial charge in [0.25, 0.3) is 0 Å². The van der Waals surface area contributed by atoms with Crippen molar-refractivity contribution in [3.8, 4) is 0 Å². The van der Waals surface area contributed by atoms with E-state index in [9.17, 15) is 0 Å². The minimum Gasteiger partial charge on any atom is -0.385 e. The second-order valence-corrected chi connectivity index (χ2v) is 4.54. The Morgan fingerprint density at radius 3 is 2.89 bits per heavy atom. The van der Waals surface area contributed by atoms with Crippen LogP contribution in [0, 0.1) is 0 Å². The van der Waals surface area contributed by atoms with Crippen molar-refractivity contribution in [3.05, 3.63) is 30.1 Å². The number of ether oxygens (including phenoxy) is 1. The number of nitrogens with zero attached hydrogens (tertiary/aromatic N) is 2. The highest BCUT2D eigenvalue weighted by molar-refractivity contribution is 5.03. The van der Waals surface area contributed by atoms with Crippen molar-refractivity contribution in [2.75, 3.05) is 26.8 Å². The number of nitrogens with two attached hydrogens (primary N) is 1. The van der Waals surface area contributed by atoms with Gasteiger partial charge in [-0.25, -0.2) is 0 Å². The van der Waals surface area contributed by atoms with Crippen LogP contribution in [0.25, 0.3) is 0 Å². The summed E-state index contributed by atoms with van der Waals surface area (Å²) in [6, 6.07) is 6.23. The van der Waals surface area contributed by atoms with Gasteiger partial charge in [-0.3, -0.25) is 9.88 Å². The Morgan fingerprint density at radius 1 is 1.44 bits per heavy atom. The fourth-order valence-corrected chi connectivity index (χ4v) is 1.94. The first-order valence-electron chi connectivity index (χ1n) is 6.63. The van der Waals surface area contributed by atoms with Gasteiger partial charge in [0.1, 0.15) is 0 Å². The number of rotatable bonds is 9. The molecule has 1 aromatic heterocycles. The Labute approximate surface area is 110 Å². The molecule has 1 rings (SSSR count). The number of pyridine rings is 1. The Balaban J connectivity index is 2.32. The van der Waals surface area contributed by atoms with Crippen molar-refractivity contribution in [2.24, 2.45) is 5.73 Å². The molecule has 0 radical (unpaired) electrons. The van der Waals surface area contributed by atoms with E-state index >= 15 is 0 Å². The fraction of sp³-hybridized carbons (Fsp3) is 0.643. The molecule has 18 heavy (non-hydrogen) atoms. The standard InChI is InChI=1S/C14H25N3O/c1-3-17(11-13(15)7-6-10-18-2)12-14-8-4-5-9-16-14/h4-5,8-9,13H,3,6-7,10-12,15H2,1-2H3. The average Bonchev–Trinajstić information content (AvgIpc) is 2.39. The van der Waals surface area contributed by atoms with Crippen molar-refractivity contribution in [3.63, 3.8) is 0 Å². The van der Waals surface area contributed by atoms with Crippen LogP contribution in [0.15, 0.2) is 24.4 Å². The second-order valence-electron chi connectivity index (χ2n) is 4.54. The first kappa shape index (κ1) is 15.1. The van der Waals surface area contributed by atoms with Gasteiger partial charge < -0.3 is 10.5 Å². The quantitative estimate of drug-likeness (QED) is 0.678. The molecule has 0 fully saturated rings. The minimum absolute atomic E-state index is 0.212. The molecular weight excluding hydrogens is 226 g/mol. The first-order valence-corrected chi connectivity index (χ1v) is 6.63. The number of aromatic nitrogens is 1. The highest BCUT2D eigenvalue weighted by atomic mass is 16.5. The van der Waals surface area contributed by atoms with Crippen molar-refractivity contribution in [1.82, 2.24) is 9.88 Å². The Bertz CT molecular complexity index is 305. The molecule has 2 N–H and O–H groups in total. The third kappa shape index (κ3) is 6.10.